The summed E-state index contributed by atoms with van der Waals surface area (Å²) in [6.07, 6.45) is -0.219. The Balaban J connectivity index is 1.64. The molecule has 10 heteroatoms. The van der Waals surface area contributed by atoms with Crippen LogP contribution in [0.4, 0.5) is 5.69 Å². The fourth-order valence-corrected chi connectivity index (χ4v) is 3.58. The highest BCUT2D eigenvalue weighted by atomic mass is 16.6. The number of carbonyl (C=O) groups excluding carboxylic acids is 1. The second-order valence-electron chi connectivity index (χ2n) is 7.54. The smallest absolute Gasteiger partial charge is 0.286 e. The van der Waals surface area contributed by atoms with Gasteiger partial charge in [-0.05, 0) is 5.56 Å². The zero-order chi connectivity index (χ0) is 23.6. The zero-order valence-corrected chi connectivity index (χ0v) is 18.8. The van der Waals surface area contributed by atoms with Crippen LogP contribution in [0.15, 0.2) is 42.5 Å². The lowest BCUT2D eigenvalue weighted by molar-refractivity contribution is -0.385. The topological polar surface area (TPSA) is 112 Å². The van der Waals surface area contributed by atoms with Crippen molar-refractivity contribution in [3.63, 3.8) is 0 Å². The Kier molecular flexibility index (Phi) is 8.99. The van der Waals surface area contributed by atoms with E-state index >= 15 is 0 Å². The van der Waals surface area contributed by atoms with E-state index in [1.54, 1.807) is 0 Å². The van der Waals surface area contributed by atoms with Crippen molar-refractivity contribution >= 4 is 11.6 Å². The van der Waals surface area contributed by atoms with Crippen LogP contribution < -0.4 is 14.8 Å². The third-order valence-corrected chi connectivity index (χ3v) is 5.23. The Morgan fingerprint density at radius 2 is 2.00 bits per heavy atom. The van der Waals surface area contributed by atoms with Crippen LogP contribution in [-0.4, -0.2) is 75.5 Å². The third-order valence-electron chi connectivity index (χ3n) is 5.23. The molecule has 0 spiro atoms. The number of morpholine rings is 1. The van der Waals surface area contributed by atoms with E-state index in [1.165, 1.54) is 31.9 Å². The molecule has 0 aromatic heterocycles. The lowest BCUT2D eigenvalue weighted by Gasteiger charge is -2.33. The summed E-state index contributed by atoms with van der Waals surface area (Å²) in [5, 5.41) is 14.4. The lowest BCUT2D eigenvalue weighted by atomic mass is 10.1. The molecule has 1 N–H and O–H groups in total. The first-order valence-electron chi connectivity index (χ1n) is 10.7. The van der Waals surface area contributed by atoms with Crippen LogP contribution in [0.25, 0.3) is 0 Å². The summed E-state index contributed by atoms with van der Waals surface area (Å²) in [4.78, 5) is 26.1. The quantitative estimate of drug-likeness (QED) is 0.309. The normalized spacial score (nSPS) is 16.2. The van der Waals surface area contributed by atoms with E-state index in [0.29, 0.717) is 19.8 Å². The van der Waals surface area contributed by atoms with Gasteiger partial charge < -0.3 is 24.3 Å². The Morgan fingerprint density at radius 1 is 1.21 bits per heavy atom. The van der Waals surface area contributed by atoms with Crippen LogP contribution in [0.2, 0.25) is 0 Å². The van der Waals surface area contributed by atoms with Crippen LogP contribution >= 0.6 is 0 Å². The van der Waals surface area contributed by atoms with Gasteiger partial charge in [-0.15, -0.1) is 0 Å². The molecule has 0 bridgehead atoms. The fraction of sp³-hybridized carbons (Fsp3) is 0.435. The molecule has 2 aromatic carbocycles. The average molecular weight is 459 g/mol. The molecule has 1 amide bonds. The third kappa shape index (κ3) is 6.88. The SMILES string of the molecule is COCCOc1cc([N+](=O)[O-])c(C(=O)NCC2CN(Cc3ccccc3)CCO2)cc1OC. The van der Waals surface area contributed by atoms with Gasteiger partial charge in [0.15, 0.2) is 11.5 Å². The first kappa shape index (κ1) is 24.4. The molecule has 2 aromatic rings. The molecule has 0 radical (unpaired) electrons. The molecule has 1 unspecified atom stereocenters. The van der Waals surface area contributed by atoms with Crippen molar-refractivity contribution in [2.75, 3.05) is 53.7 Å². The Morgan fingerprint density at radius 3 is 2.70 bits per heavy atom. The number of benzene rings is 2. The van der Waals surface area contributed by atoms with Crippen molar-refractivity contribution < 1.29 is 28.7 Å². The molecule has 1 fully saturated rings. The number of nitrogens with one attached hydrogen (secondary N) is 1. The summed E-state index contributed by atoms with van der Waals surface area (Å²) in [5.41, 5.74) is 0.738. The van der Waals surface area contributed by atoms with Gasteiger partial charge in [0, 0.05) is 39.4 Å². The maximum Gasteiger partial charge on any atom is 0.286 e. The van der Waals surface area contributed by atoms with Crippen molar-refractivity contribution in [2.45, 2.75) is 12.6 Å². The molecule has 1 saturated heterocycles. The molecule has 0 saturated carbocycles. The van der Waals surface area contributed by atoms with Crippen LogP contribution in [0, 0.1) is 10.1 Å². The number of amides is 1. The van der Waals surface area contributed by atoms with Crippen LogP contribution in [-0.2, 0) is 16.0 Å². The average Bonchev–Trinajstić information content (AvgIpc) is 2.83. The molecule has 1 aliphatic heterocycles. The van der Waals surface area contributed by atoms with Crippen molar-refractivity contribution in [1.82, 2.24) is 10.2 Å². The molecule has 1 atom stereocenters. The fourth-order valence-electron chi connectivity index (χ4n) is 3.58. The summed E-state index contributed by atoms with van der Waals surface area (Å²) >= 11 is 0. The maximum absolute atomic E-state index is 12.8. The number of hydrogen-bond acceptors (Lipinski definition) is 8. The molecule has 3 rings (SSSR count). The van der Waals surface area contributed by atoms with Crippen molar-refractivity contribution in [3.05, 3.63) is 63.7 Å². The second kappa shape index (κ2) is 12.1. The Labute approximate surface area is 192 Å². The Hall–Kier alpha value is -3.21. The highest BCUT2D eigenvalue weighted by molar-refractivity contribution is 5.99. The summed E-state index contributed by atoms with van der Waals surface area (Å²) in [6, 6.07) is 12.6. The minimum Gasteiger partial charge on any atom is -0.493 e. The molecular formula is C23H29N3O7. The number of ether oxygens (including phenoxy) is 4. The van der Waals surface area contributed by atoms with Gasteiger partial charge in [0.1, 0.15) is 12.2 Å². The van der Waals surface area contributed by atoms with Gasteiger partial charge in [0.25, 0.3) is 11.6 Å². The van der Waals surface area contributed by atoms with Crippen LogP contribution in [0.1, 0.15) is 15.9 Å². The first-order valence-corrected chi connectivity index (χ1v) is 10.7. The van der Waals surface area contributed by atoms with Gasteiger partial charge >= 0.3 is 0 Å². The van der Waals surface area contributed by atoms with E-state index in [1.807, 2.05) is 18.2 Å². The monoisotopic (exact) mass is 459 g/mol. The predicted octanol–water partition coefficient (Wildman–Crippen LogP) is 2.26. The first-order chi connectivity index (χ1) is 16.0. The van der Waals surface area contributed by atoms with E-state index < -0.39 is 10.8 Å². The number of hydrogen-bond donors (Lipinski definition) is 1. The minimum atomic E-state index is -0.615. The molecular weight excluding hydrogens is 430 g/mol. The Bertz CT molecular complexity index is 939. The predicted molar refractivity (Wildman–Crippen MR) is 121 cm³/mol. The zero-order valence-electron chi connectivity index (χ0n) is 18.8. The summed E-state index contributed by atoms with van der Waals surface area (Å²) < 4.78 is 21.5. The van der Waals surface area contributed by atoms with Crippen molar-refractivity contribution in [1.29, 1.82) is 0 Å². The number of carbonyl (C=O) groups is 1. The molecule has 0 aliphatic carbocycles. The van der Waals surface area contributed by atoms with Gasteiger partial charge in [0.2, 0.25) is 0 Å². The number of rotatable bonds is 11. The van der Waals surface area contributed by atoms with Gasteiger partial charge in [-0.25, -0.2) is 0 Å². The van der Waals surface area contributed by atoms with Crippen molar-refractivity contribution in [3.8, 4) is 11.5 Å². The molecule has 33 heavy (non-hydrogen) atoms. The lowest BCUT2D eigenvalue weighted by Crippen LogP contribution is -2.47. The highest BCUT2D eigenvalue weighted by Gasteiger charge is 2.26. The van der Waals surface area contributed by atoms with E-state index in [-0.39, 0.29) is 42.0 Å². The maximum atomic E-state index is 12.8. The van der Waals surface area contributed by atoms with Gasteiger partial charge in [0.05, 0.1) is 37.4 Å². The van der Waals surface area contributed by atoms with E-state index in [9.17, 15) is 14.9 Å². The largest absolute Gasteiger partial charge is 0.493 e. The number of nitro benzene ring substituents is 1. The summed E-state index contributed by atoms with van der Waals surface area (Å²) in [5.74, 6) is -0.179. The van der Waals surface area contributed by atoms with Crippen LogP contribution in [0.3, 0.4) is 0 Å². The van der Waals surface area contributed by atoms with Gasteiger partial charge in [-0.1, -0.05) is 30.3 Å². The number of nitrogens with zero attached hydrogens (tertiary/aromatic N) is 2. The minimum absolute atomic E-state index is 0.104. The number of methoxy groups -OCH3 is 2. The summed E-state index contributed by atoms with van der Waals surface area (Å²) in [7, 11) is 2.93. The van der Waals surface area contributed by atoms with E-state index in [0.717, 1.165) is 13.1 Å². The highest BCUT2D eigenvalue weighted by Crippen LogP contribution is 2.34. The van der Waals surface area contributed by atoms with Gasteiger partial charge in [-0.3, -0.25) is 19.8 Å². The summed E-state index contributed by atoms with van der Waals surface area (Å²) in [6.45, 7) is 3.52. The van der Waals surface area contributed by atoms with Crippen LogP contribution in [0.5, 0.6) is 11.5 Å². The number of nitro groups is 1. The molecule has 178 valence electrons. The molecule has 1 heterocycles. The van der Waals surface area contributed by atoms with Gasteiger partial charge in [-0.2, -0.15) is 0 Å². The molecule has 1 aliphatic rings. The standard InChI is InChI=1S/C23H29N3O7/c1-30-10-11-33-22-13-20(26(28)29)19(12-21(22)31-2)23(27)24-14-18-16-25(8-9-32-18)15-17-6-4-3-5-7-17/h3-7,12-13,18H,8-11,14-16H2,1-2H3,(H,24,27). The molecule has 10 nitrogen and oxygen atoms in total. The van der Waals surface area contributed by atoms with E-state index in [2.05, 4.69) is 22.3 Å². The van der Waals surface area contributed by atoms with E-state index in [4.69, 9.17) is 18.9 Å². The second-order valence-corrected chi connectivity index (χ2v) is 7.54. The van der Waals surface area contributed by atoms with Crippen molar-refractivity contribution in [2.24, 2.45) is 0 Å².